The van der Waals surface area contributed by atoms with Gasteiger partial charge in [0.15, 0.2) is 0 Å². The van der Waals surface area contributed by atoms with Crippen molar-refractivity contribution in [2.75, 3.05) is 6.54 Å². The van der Waals surface area contributed by atoms with Crippen molar-refractivity contribution in [1.82, 2.24) is 25.6 Å². The van der Waals surface area contributed by atoms with Crippen molar-refractivity contribution in [2.24, 2.45) is 11.8 Å². The first-order valence-electron chi connectivity index (χ1n) is 8.18. The van der Waals surface area contributed by atoms with Crippen LogP contribution >= 0.6 is 0 Å². The molecule has 1 aliphatic heterocycles. The van der Waals surface area contributed by atoms with Crippen LogP contribution in [0.1, 0.15) is 44.7 Å². The Kier molecular flexibility index (Phi) is 4.53. The average Bonchev–Trinajstić information content (AvgIpc) is 3.00. The smallest absolute Gasteiger partial charge is 0.237 e. The normalized spacial score (nSPS) is 28.9. The van der Waals surface area contributed by atoms with Crippen molar-refractivity contribution >= 4 is 5.91 Å². The van der Waals surface area contributed by atoms with Crippen LogP contribution in [0, 0.1) is 11.8 Å². The summed E-state index contributed by atoms with van der Waals surface area (Å²) in [6.45, 7) is 4.25. The van der Waals surface area contributed by atoms with E-state index in [1.54, 1.807) is 4.68 Å². The van der Waals surface area contributed by atoms with E-state index in [9.17, 15) is 4.79 Å². The number of rotatable bonds is 4. The van der Waals surface area contributed by atoms with Gasteiger partial charge in [-0.1, -0.05) is 24.5 Å². The Morgan fingerprint density at radius 2 is 2.29 bits per heavy atom. The third-order valence-corrected chi connectivity index (χ3v) is 4.91. The third kappa shape index (κ3) is 3.26. The van der Waals surface area contributed by atoms with Crippen molar-refractivity contribution in [1.29, 1.82) is 0 Å². The zero-order chi connectivity index (χ0) is 14.7. The lowest BCUT2D eigenvalue weighted by Gasteiger charge is -2.41. The molecule has 0 bridgehead atoms. The van der Waals surface area contributed by atoms with Crippen LogP contribution in [0.3, 0.4) is 0 Å². The number of aromatic nitrogens is 3. The van der Waals surface area contributed by atoms with Crippen molar-refractivity contribution < 1.29 is 4.79 Å². The van der Waals surface area contributed by atoms with E-state index < -0.39 is 0 Å². The number of fused-ring (bicyclic) bond motifs is 1. The molecule has 2 aliphatic rings. The SMILES string of the molecule is CCn1cc(CNC(=O)C2NCCC3CCCCC32)nn1. The molecular weight excluding hydrogens is 266 g/mol. The fraction of sp³-hybridized carbons (Fsp3) is 0.800. The van der Waals surface area contributed by atoms with Gasteiger partial charge in [0.2, 0.25) is 5.91 Å². The maximum Gasteiger partial charge on any atom is 0.237 e. The molecule has 3 rings (SSSR count). The summed E-state index contributed by atoms with van der Waals surface area (Å²) in [6, 6.07) is -0.0229. The quantitative estimate of drug-likeness (QED) is 0.871. The summed E-state index contributed by atoms with van der Waals surface area (Å²) in [5.74, 6) is 1.37. The van der Waals surface area contributed by atoms with E-state index in [2.05, 4.69) is 20.9 Å². The molecule has 2 fully saturated rings. The second-order valence-corrected chi connectivity index (χ2v) is 6.21. The fourth-order valence-electron chi connectivity index (χ4n) is 3.76. The van der Waals surface area contributed by atoms with Gasteiger partial charge in [0.1, 0.15) is 5.69 Å². The number of nitrogens with one attached hydrogen (secondary N) is 2. The number of carbonyl (C=O) groups excluding carboxylic acids is 1. The molecule has 0 radical (unpaired) electrons. The largest absolute Gasteiger partial charge is 0.349 e. The van der Waals surface area contributed by atoms with E-state index in [0.717, 1.165) is 24.7 Å². The van der Waals surface area contributed by atoms with Crippen molar-refractivity contribution in [3.05, 3.63) is 11.9 Å². The van der Waals surface area contributed by atoms with E-state index >= 15 is 0 Å². The Morgan fingerprint density at radius 1 is 1.43 bits per heavy atom. The lowest BCUT2D eigenvalue weighted by atomic mass is 9.71. The van der Waals surface area contributed by atoms with Crippen LogP contribution in [0.5, 0.6) is 0 Å². The zero-order valence-corrected chi connectivity index (χ0v) is 12.7. The fourth-order valence-corrected chi connectivity index (χ4v) is 3.76. The molecule has 1 saturated carbocycles. The van der Waals surface area contributed by atoms with Gasteiger partial charge in [-0.25, -0.2) is 0 Å². The lowest BCUT2D eigenvalue weighted by Crippen LogP contribution is -2.55. The van der Waals surface area contributed by atoms with Gasteiger partial charge in [-0.15, -0.1) is 5.10 Å². The van der Waals surface area contributed by atoms with Gasteiger partial charge in [0.25, 0.3) is 0 Å². The van der Waals surface area contributed by atoms with Gasteiger partial charge in [-0.05, 0) is 38.1 Å². The number of aryl methyl sites for hydroxylation is 1. The minimum absolute atomic E-state index is 0.0229. The van der Waals surface area contributed by atoms with Gasteiger partial charge in [-0.2, -0.15) is 0 Å². The second-order valence-electron chi connectivity index (χ2n) is 6.21. The Balaban J connectivity index is 1.56. The summed E-state index contributed by atoms with van der Waals surface area (Å²) in [4.78, 5) is 12.5. The average molecular weight is 291 g/mol. The van der Waals surface area contributed by atoms with Gasteiger partial charge in [0, 0.05) is 6.54 Å². The first-order valence-corrected chi connectivity index (χ1v) is 8.18. The predicted molar refractivity (Wildman–Crippen MR) is 79.4 cm³/mol. The molecular formula is C15H25N5O. The van der Waals surface area contributed by atoms with Crippen LogP contribution in [0.25, 0.3) is 0 Å². The molecule has 1 aromatic rings. The number of nitrogens with zero attached hydrogens (tertiary/aromatic N) is 3. The first kappa shape index (κ1) is 14.5. The molecule has 6 heteroatoms. The second kappa shape index (κ2) is 6.56. The molecule has 0 spiro atoms. The molecule has 3 unspecified atom stereocenters. The van der Waals surface area contributed by atoms with E-state index in [1.165, 1.54) is 32.1 Å². The standard InChI is InChI=1S/C15H25N5O/c1-2-20-10-12(18-19-20)9-17-15(21)14-13-6-4-3-5-11(13)7-8-16-14/h10-11,13-14,16H,2-9H2,1H3,(H,17,21). The van der Waals surface area contributed by atoms with Crippen molar-refractivity contribution in [3.8, 4) is 0 Å². The zero-order valence-electron chi connectivity index (χ0n) is 12.7. The summed E-state index contributed by atoms with van der Waals surface area (Å²) >= 11 is 0. The highest BCUT2D eigenvalue weighted by atomic mass is 16.2. The maximum atomic E-state index is 12.5. The van der Waals surface area contributed by atoms with E-state index in [1.807, 2.05) is 13.1 Å². The highest BCUT2D eigenvalue weighted by Gasteiger charge is 2.38. The van der Waals surface area contributed by atoms with Gasteiger partial charge < -0.3 is 10.6 Å². The third-order valence-electron chi connectivity index (χ3n) is 4.91. The molecule has 1 amide bonds. The van der Waals surface area contributed by atoms with Gasteiger partial charge >= 0.3 is 0 Å². The number of hydrogen-bond donors (Lipinski definition) is 2. The van der Waals surface area contributed by atoms with Crippen molar-refractivity contribution in [3.63, 3.8) is 0 Å². The minimum Gasteiger partial charge on any atom is -0.349 e. The molecule has 2 heterocycles. The number of piperidine rings is 1. The molecule has 2 N–H and O–H groups in total. The molecule has 1 aromatic heterocycles. The topological polar surface area (TPSA) is 71.8 Å². The Labute approximate surface area is 125 Å². The molecule has 6 nitrogen and oxygen atoms in total. The number of hydrogen-bond acceptors (Lipinski definition) is 4. The summed E-state index contributed by atoms with van der Waals surface area (Å²) in [7, 11) is 0. The van der Waals surface area contributed by atoms with Crippen LogP contribution in [0.4, 0.5) is 0 Å². The minimum atomic E-state index is -0.0229. The molecule has 3 atom stereocenters. The predicted octanol–water partition coefficient (Wildman–Crippen LogP) is 1.08. The summed E-state index contributed by atoms with van der Waals surface area (Å²) in [6.07, 6.45) is 8.17. The summed E-state index contributed by atoms with van der Waals surface area (Å²) in [5.41, 5.74) is 0.821. The van der Waals surface area contributed by atoms with Crippen molar-refractivity contribution in [2.45, 2.75) is 58.2 Å². The number of carbonyl (C=O) groups is 1. The van der Waals surface area contributed by atoms with E-state index in [0.29, 0.717) is 12.5 Å². The molecule has 116 valence electrons. The summed E-state index contributed by atoms with van der Waals surface area (Å²) < 4.78 is 1.78. The Bertz CT molecular complexity index is 484. The highest BCUT2D eigenvalue weighted by Crippen LogP contribution is 2.36. The van der Waals surface area contributed by atoms with Crippen LogP contribution in [0.15, 0.2) is 6.20 Å². The van der Waals surface area contributed by atoms with Crippen LogP contribution < -0.4 is 10.6 Å². The lowest BCUT2D eigenvalue weighted by molar-refractivity contribution is -0.126. The monoisotopic (exact) mass is 291 g/mol. The molecule has 21 heavy (non-hydrogen) atoms. The first-order chi connectivity index (χ1) is 10.3. The van der Waals surface area contributed by atoms with Gasteiger partial charge in [-0.3, -0.25) is 9.48 Å². The Morgan fingerprint density at radius 3 is 3.10 bits per heavy atom. The van der Waals surface area contributed by atoms with E-state index in [4.69, 9.17) is 0 Å². The van der Waals surface area contributed by atoms with Crippen LogP contribution in [0.2, 0.25) is 0 Å². The molecule has 1 aliphatic carbocycles. The van der Waals surface area contributed by atoms with Gasteiger partial charge in [0.05, 0.1) is 18.8 Å². The molecule has 1 saturated heterocycles. The van der Waals surface area contributed by atoms with Crippen LogP contribution in [-0.4, -0.2) is 33.5 Å². The Hall–Kier alpha value is -1.43. The maximum absolute atomic E-state index is 12.5. The van der Waals surface area contributed by atoms with Crippen LogP contribution in [-0.2, 0) is 17.9 Å². The summed E-state index contributed by atoms with van der Waals surface area (Å²) in [5, 5.41) is 14.5. The van der Waals surface area contributed by atoms with E-state index in [-0.39, 0.29) is 11.9 Å². The number of amides is 1. The molecule has 0 aromatic carbocycles. The highest BCUT2D eigenvalue weighted by molar-refractivity contribution is 5.82.